The summed E-state index contributed by atoms with van der Waals surface area (Å²) in [4.78, 5) is 40.7. The summed E-state index contributed by atoms with van der Waals surface area (Å²) in [7, 11) is 0. The first kappa shape index (κ1) is 25.4. The van der Waals surface area contributed by atoms with Crippen LogP contribution in [0.3, 0.4) is 0 Å². The molecule has 0 radical (unpaired) electrons. The molecule has 2 aliphatic heterocycles. The average Bonchev–Trinajstić information content (AvgIpc) is 3.67. The molecule has 0 unspecified atom stereocenters. The number of thioether (sulfide) groups is 1. The number of carbonyl (C=O) groups excluding carboxylic acids is 2. The molecule has 11 nitrogen and oxygen atoms in total. The number of carbonyl (C=O) groups is 2. The third-order valence-electron chi connectivity index (χ3n) is 7.97. The number of aromatic amines is 1. The lowest BCUT2D eigenvalue weighted by molar-refractivity contribution is 0.0460. The van der Waals surface area contributed by atoms with Gasteiger partial charge in [0, 0.05) is 52.4 Å². The predicted octanol–water partition coefficient (Wildman–Crippen LogP) is 3.87. The number of nitrogen functional groups attached to an aromatic ring is 1. The second kappa shape index (κ2) is 10.1. The lowest BCUT2D eigenvalue weighted by atomic mass is 9.82. The van der Waals surface area contributed by atoms with Crippen LogP contribution in [0.2, 0.25) is 0 Å². The molecule has 0 saturated carbocycles. The van der Waals surface area contributed by atoms with E-state index in [1.807, 2.05) is 65.3 Å². The Hall–Kier alpha value is -4.58. The highest BCUT2D eigenvalue weighted by atomic mass is 32.2. The fourth-order valence-corrected chi connectivity index (χ4v) is 7.40. The number of aromatic nitrogens is 7. The van der Waals surface area contributed by atoms with Crippen molar-refractivity contribution in [2.45, 2.75) is 37.8 Å². The molecular formula is C29H27N9O2S. The first-order valence-corrected chi connectivity index (χ1v) is 14.6. The molecule has 41 heavy (non-hydrogen) atoms. The fourth-order valence-electron chi connectivity index (χ4n) is 6.13. The third kappa shape index (κ3) is 4.34. The maximum atomic E-state index is 13.3. The minimum Gasteiger partial charge on any atom is -0.383 e. The maximum absolute atomic E-state index is 13.3. The van der Waals surface area contributed by atoms with Gasteiger partial charge in [0.15, 0.2) is 11.4 Å². The summed E-state index contributed by atoms with van der Waals surface area (Å²) in [6.07, 6.45) is 6.28. The van der Waals surface area contributed by atoms with E-state index in [1.165, 1.54) is 13.3 Å². The van der Waals surface area contributed by atoms with Crippen LogP contribution in [-0.2, 0) is 0 Å². The van der Waals surface area contributed by atoms with E-state index in [4.69, 9.17) is 10.7 Å². The van der Waals surface area contributed by atoms with Gasteiger partial charge >= 0.3 is 0 Å². The number of hydrogen-bond donors (Lipinski definition) is 2. The number of hydrogen-bond acceptors (Lipinski definition) is 9. The Kier molecular flexibility index (Phi) is 6.26. The van der Waals surface area contributed by atoms with Crippen LogP contribution < -0.4 is 5.73 Å². The minimum absolute atomic E-state index is 0.0201. The largest absolute Gasteiger partial charge is 0.383 e. The number of nitrogens with zero attached hydrogens (tertiary/aromatic N) is 7. The van der Waals surface area contributed by atoms with Crippen molar-refractivity contribution in [1.29, 1.82) is 0 Å². The third-order valence-corrected chi connectivity index (χ3v) is 9.21. The second-order valence-corrected chi connectivity index (χ2v) is 11.5. The van der Waals surface area contributed by atoms with Crippen molar-refractivity contribution >= 4 is 34.9 Å². The Morgan fingerprint density at radius 1 is 1.02 bits per heavy atom. The summed E-state index contributed by atoms with van der Waals surface area (Å²) >= 11 is 1.85. The molecule has 12 heteroatoms. The van der Waals surface area contributed by atoms with Crippen LogP contribution >= 0.6 is 11.8 Å². The Balaban J connectivity index is 1.27. The molecule has 1 aromatic carbocycles. The summed E-state index contributed by atoms with van der Waals surface area (Å²) < 4.78 is 1.54. The summed E-state index contributed by atoms with van der Waals surface area (Å²) in [6.45, 7) is 1.51. The molecule has 0 spiro atoms. The summed E-state index contributed by atoms with van der Waals surface area (Å²) in [5.41, 5.74) is 11.8. The Morgan fingerprint density at radius 2 is 1.80 bits per heavy atom. The van der Waals surface area contributed by atoms with Crippen LogP contribution in [0, 0.1) is 0 Å². The Labute approximate surface area is 239 Å². The number of nitrogens with one attached hydrogen (secondary N) is 1. The molecule has 1 amide bonds. The molecule has 2 aliphatic rings. The van der Waals surface area contributed by atoms with Gasteiger partial charge < -0.3 is 15.6 Å². The first-order valence-electron chi connectivity index (χ1n) is 13.5. The van der Waals surface area contributed by atoms with Crippen molar-refractivity contribution in [2.75, 3.05) is 17.2 Å². The predicted molar refractivity (Wildman–Crippen MR) is 155 cm³/mol. The van der Waals surface area contributed by atoms with Crippen molar-refractivity contribution in [2.24, 2.45) is 0 Å². The fraction of sp³-hybridized carbons (Fsp3) is 0.276. The Bertz CT molecular complexity index is 1740. The van der Waals surface area contributed by atoms with E-state index in [2.05, 4.69) is 25.3 Å². The number of nitrogens with two attached hydrogens (primary N) is 1. The SMILES string of the molecule is CC(=O)c1c([C@@H]2C[C@H]3CSC[C@@H](C2)N3C(=O)c2nnc[nH]2)nc2c(-c3ccc(-c4ccccc4)nc3)cnn2c1N. The number of rotatable bonds is 5. The molecular weight excluding hydrogens is 538 g/mol. The lowest BCUT2D eigenvalue weighted by Crippen LogP contribution is -2.56. The van der Waals surface area contributed by atoms with E-state index in [1.54, 1.807) is 10.7 Å². The number of fused-ring (bicyclic) bond motifs is 3. The molecule has 0 aliphatic carbocycles. The summed E-state index contributed by atoms with van der Waals surface area (Å²) in [5.74, 6) is 1.78. The molecule has 7 rings (SSSR count). The molecule has 2 bridgehead atoms. The first-order chi connectivity index (χ1) is 20.0. The van der Waals surface area contributed by atoms with Crippen LogP contribution in [0.1, 0.15) is 52.4 Å². The number of piperidine rings is 1. The number of benzene rings is 1. The van der Waals surface area contributed by atoms with E-state index >= 15 is 0 Å². The van der Waals surface area contributed by atoms with Gasteiger partial charge in [-0.05, 0) is 25.8 Å². The quantitative estimate of drug-likeness (QED) is 0.303. The molecule has 4 aromatic heterocycles. The van der Waals surface area contributed by atoms with Crippen molar-refractivity contribution in [3.05, 3.63) is 78.3 Å². The van der Waals surface area contributed by atoms with Crippen LogP contribution in [0.15, 0.2) is 61.2 Å². The highest BCUT2D eigenvalue weighted by Crippen LogP contribution is 2.43. The van der Waals surface area contributed by atoms with Crippen molar-refractivity contribution in [3.8, 4) is 22.4 Å². The van der Waals surface area contributed by atoms with Gasteiger partial charge in [-0.15, -0.1) is 10.2 Å². The molecule has 206 valence electrons. The van der Waals surface area contributed by atoms with E-state index in [0.717, 1.165) is 33.9 Å². The van der Waals surface area contributed by atoms with Crippen molar-refractivity contribution < 1.29 is 9.59 Å². The zero-order chi connectivity index (χ0) is 28.1. The molecule has 3 atom stereocenters. The van der Waals surface area contributed by atoms with Crippen LogP contribution in [0.4, 0.5) is 5.82 Å². The van der Waals surface area contributed by atoms with E-state index in [9.17, 15) is 9.59 Å². The lowest BCUT2D eigenvalue weighted by Gasteiger charge is -2.48. The topological polar surface area (TPSA) is 148 Å². The van der Waals surface area contributed by atoms with E-state index in [0.29, 0.717) is 29.7 Å². The van der Waals surface area contributed by atoms with Gasteiger partial charge in [0.05, 0.1) is 23.1 Å². The van der Waals surface area contributed by atoms with Gasteiger partial charge in [0.1, 0.15) is 12.1 Å². The van der Waals surface area contributed by atoms with Crippen LogP contribution in [-0.4, -0.2) is 74.9 Å². The van der Waals surface area contributed by atoms with E-state index in [-0.39, 0.29) is 41.3 Å². The standard InChI is InChI=1S/C29H27N9O2S/c1-16(39)24-25(19-9-20-13-41-14-21(10-19)37(20)29(40)27-32-15-33-36-27)35-28-22(12-34-38(28)26(24)30)18-7-8-23(31-11-18)17-5-3-2-4-6-17/h2-8,11-12,15,19-21H,9-10,13-14,30H2,1H3,(H,32,33,36)/t19-,20+,21-. The minimum atomic E-state index is -0.155. The zero-order valence-corrected chi connectivity index (χ0v) is 23.1. The zero-order valence-electron chi connectivity index (χ0n) is 22.3. The molecule has 5 aromatic rings. The summed E-state index contributed by atoms with van der Waals surface area (Å²) in [6, 6.07) is 13.9. The van der Waals surface area contributed by atoms with Gasteiger partial charge in [-0.1, -0.05) is 36.4 Å². The van der Waals surface area contributed by atoms with Crippen molar-refractivity contribution in [1.82, 2.24) is 39.7 Å². The molecule has 2 saturated heterocycles. The number of anilines is 1. The monoisotopic (exact) mass is 565 g/mol. The van der Waals surface area contributed by atoms with Gasteiger partial charge in [-0.3, -0.25) is 14.6 Å². The highest BCUT2D eigenvalue weighted by Gasteiger charge is 2.44. The second-order valence-electron chi connectivity index (χ2n) is 10.5. The number of pyridine rings is 1. The number of H-pyrrole nitrogens is 1. The number of ketones is 1. The number of amides is 1. The smallest absolute Gasteiger partial charge is 0.292 e. The van der Waals surface area contributed by atoms with Gasteiger partial charge in [0.25, 0.3) is 5.91 Å². The van der Waals surface area contributed by atoms with Crippen molar-refractivity contribution in [3.63, 3.8) is 0 Å². The van der Waals surface area contributed by atoms with Crippen LogP contribution in [0.5, 0.6) is 0 Å². The number of Topliss-reactive ketones (excluding diaryl/α,β-unsaturated/α-hetero) is 1. The van der Waals surface area contributed by atoms with Crippen LogP contribution in [0.25, 0.3) is 28.0 Å². The average molecular weight is 566 g/mol. The molecule has 6 heterocycles. The van der Waals surface area contributed by atoms with Gasteiger partial charge in [-0.2, -0.15) is 21.4 Å². The highest BCUT2D eigenvalue weighted by molar-refractivity contribution is 7.99. The van der Waals surface area contributed by atoms with Gasteiger partial charge in [0.2, 0.25) is 5.82 Å². The Morgan fingerprint density at radius 3 is 2.46 bits per heavy atom. The summed E-state index contributed by atoms with van der Waals surface area (Å²) in [5, 5.41) is 12.2. The normalized spacial score (nSPS) is 20.3. The molecule has 2 fully saturated rings. The van der Waals surface area contributed by atoms with E-state index < -0.39 is 0 Å². The maximum Gasteiger partial charge on any atom is 0.292 e. The van der Waals surface area contributed by atoms with Gasteiger partial charge in [-0.25, -0.2) is 4.98 Å². The molecule has 3 N–H and O–H groups in total.